The number of carboxylic acid groups (broad SMARTS) is 1. The van der Waals surface area contributed by atoms with E-state index >= 15 is 0 Å². The summed E-state index contributed by atoms with van der Waals surface area (Å²) in [6, 6.07) is -0.659. The molecule has 0 aliphatic carbocycles. The molecule has 2 aliphatic rings. The van der Waals surface area contributed by atoms with Gasteiger partial charge in [-0.05, 0) is 13.8 Å². The normalized spacial score (nSPS) is 39.6. The van der Waals surface area contributed by atoms with Crippen LogP contribution in [0.15, 0.2) is 0 Å². The van der Waals surface area contributed by atoms with Crippen LogP contribution in [0, 0.1) is 0 Å². The van der Waals surface area contributed by atoms with E-state index in [9.17, 15) is 4.79 Å². The second kappa shape index (κ2) is 4.75. The molecule has 0 aromatic carbocycles. The molecule has 7 heteroatoms. The maximum Gasteiger partial charge on any atom is 0.305 e. The molecule has 0 bridgehead atoms. The van der Waals surface area contributed by atoms with Crippen LogP contribution in [0.3, 0.4) is 0 Å². The first kappa shape index (κ1) is 13.7. The molecule has 0 spiro atoms. The van der Waals surface area contributed by atoms with E-state index in [0.717, 1.165) is 0 Å². The maximum absolute atomic E-state index is 10.7. The summed E-state index contributed by atoms with van der Waals surface area (Å²) in [6.45, 7) is 3.57. The fourth-order valence-corrected chi connectivity index (χ4v) is 2.43. The monoisotopic (exact) mass is 261 g/mol. The summed E-state index contributed by atoms with van der Waals surface area (Å²) in [7, 11) is 1.52. The Kier molecular flexibility index (Phi) is 3.61. The number of ether oxygens (including phenoxy) is 4. The molecule has 2 aliphatic heterocycles. The van der Waals surface area contributed by atoms with E-state index in [1.807, 2.05) is 0 Å². The highest BCUT2D eigenvalue weighted by molar-refractivity contribution is 5.67. The zero-order chi connectivity index (χ0) is 13.5. The molecular formula is C11H19NO6. The number of carboxylic acids is 1. The Labute approximate surface area is 105 Å². The highest BCUT2D eigenvalue weighted by atomic mass is 16.8. The molecule has 2 saturated heterocycles. The lowest BCUT2D eigenvalue weighted by molar-refractivity contribution is -0.219. The first-order chi connectivity index (χ1) is 8.34. The largest absolute Gasteiger partial charge is 0.481 e. The standard InChI is InChI=1S/C11H19NO6/c1-11(2)17-9-8(15-3)7(16-10(9)18-11)5(12)4-6(13)14/h5,7-10H,4,12H2,1-3H3,(H,13,14)/t5?,7-,8+,9-,10-/m1/s1. The van der Waals surface area contributed by atoms with Crippen LogP contribution in [0.25, 0.3) is 0 Å². The van der Waals surface area contributed by atoms with Crippen LogP contribution >= 0.6 is 0 Å². The van der Waals surface area contributed by atoms with Crippen molar-refractivity contribution < 1.29 is 28.8 Å². The molecule has 0 saturated carbocycles. The second-order valence-electron chi connectivity index (χ2n) is 5.03. The molecule has 2 heterocycles. The average Bonchev–Trinajstić information content (AvgIpc) is 2.68. The Balaban J connectivity index is 2.06. The molecule has 0 amide bonds. The van der Waals surface area contributed by atoms with Crippen molar-refractivity contribution in [2.75, 3.05) is 7.11 Å². The second-order valence-corrected chi connectivity index (χ2v) is 5.03. The predicted octanol–water partition coefficient (Wildman–Crippen LogP) is -0.320. The number of nitrogens with two attached hydrogens (primary N) is 1. The van der Waals surface area contributed by atoms with E-state index in [4.69, 9.17) is 29.8 Å². The highest BCUT2D eigenvalue weighted by Crippen LogP contribution is 2.39. The Morgan fingerprint density at radius 1 is 1.50 bits per heavy atom. The molecule has 3 N–H and O–H groups in total. The van der Waals surface area contributed by atoms with Gasteiger partial charge >= 0.3 is 5.97 Å². The van der Waals surface area contributed by atoms with Crippen LogP contribution in [-0.4, -0.2) is 54.6 Å². The SMILES string of the molecule is CO[C@@H]1[C@H]2OC(C)(C)O[C@H]2O[C@@H]1C(N)CC(=O)O. The van der Waals surface area contributed by atoms with Crippen molar-refractivity contribution in [1.29, 1.82) is 0 Å². The lowest BCUT2D eigenvalue weighted by atomic mass is 10.0. The van der Waals surface area contributed by atoms with E-state index in [1.54, 1.807) is 13.8 Å². The van der Waals surface area contributed by atoms with Crippen molar-refractivity contribution in [2.45, 2.75) is 56.7 Å². The van der Waals surface area contributed by atoms with Gasteiger partial charge in [0.25, 0.3) is 0 Å². The zero-order valence-corrected chi connectivity index (χ0v) is 10.7. The van der Waals surface area contributed by atoms with Crippen molar-refractivity contribution in [3.8, 4) is 0 Å². The summed E-state index contributed by atoms with van der Waals surface area (Å²) in [4.78, 5) is 10.7. The van der Waals surface area contributed by atoms with Crippen LogP contribution in [-0.2, 0) is 23.7 Å². The summed E-state index contributed by atoms with van der Waals surface area (Å²) >= 11 is 0. The number of aliphatic carboxylic acids is 1. The van der Waals surface area contributed by atoms with Crippen LogP contribution in [0.4, 0.5) is 0 Å². The van der Waals surface area contributed by atoms with Gasteiger partial charge in [0.1, 0.15) is 18.3 Å². The number of methoxy groups -OCH3 is 1. The third kappa shape index (κ3) is 2.50. The lowest BCUT2D eigenvalue weighted by Gasteiger charge is -2.27. The van der Waals surface area contributed by atoms with Gasteiger partial charge in [-0.15, -0.1) is 0 Å². The van der Waals surface area contributed by atoms with E-state index < -0.39 is 36.3 Å². The minimum Gasteiger partial charge on any atom is -0.481 e. The number of carbonyl (C=O) groups is 1. The third-order valence-electron chi connectivity index (χ3n) is 3.13. The molecule has 0 aromatic rings. The lowest BCUT2D eigenvalue weighted by Crippen LogP contribution is -2.46. The Hall–Kier alpha value is -0.730. The van der Waals surface area contributed by atoms with Gasteiger partial charge in [0.15, 0.2) is 12.1 Å². The van der Waals surface area contributed by atoms with Crippen LogP contribution in [0.1, 0.15) is 20.3 Å². The molecule has 7 nitrogen and oxygen atoms in total. The van der Waals surface area contributed by atoms with Crippen molar-refractivity contribution in [3.63, 3.8) is 0 Å². The van der Waals surface area contributed by atoms with Crippen molar-refractivity contribution in [1.82, 2.24) is 0 Å². The van der Waals surface area contributed by atoms with Crippen molar-refractivity contribution in [2.24, 2.45) is 5.73 Å². The molecule has 104 valence electrons. The van der Waals surface area contributed by atoms with Gasteiger partial charge in [-0.25, -0.2) is 0 Å². The number of fused-ring (bicyclic) bond motifs is 1. The van der Waals surface area contributed by atoms with Gasteiger partial charge < -0.3 is 29.8 Å². The number of rotatable bonds is 4. The molecule has 0 radical (unpaired) electrons. The summed E-state index contributed by atoms with van der Waals surface area (Å²) < 4.78 is 22.2. The Bertz CT molecular complexity index is 333. The van der Waals surface area contributed by atoms with E-state index in [1.165, 1.54) is 7.11 Å². The molecule has 2 rings (SSSR count). The Morgan fingerprint density at radius 3 is 2.72 bits per heavy atom. The summed E-state index contributed by atoms with van der Waals surface area (Å²) in [5.74, 6) is -1.70. The summed E-state index contributed by atoms with van der Waals surface area (Å²) in [6.07, 6.45) is -2.10. The minimum absolute atomic E-state index is 0.187. The fourth-order valence-electron chi connectivity index (χ4n) is 2.43. The van der Waals surface area contributed by atoms with Gasteiger partial charge in [-0.3, -0.25) is 4.79 Å². The third-order valence-corrected chi connectivity index (χ3v) is 3.13. The molecule has 5 atom stereocenters. The fraction of sp³-hybridized carbons (Fsp3) is 0.909. The van der Waals surface area contributed by atoms with Crippen LogP contribution in [0.5, 0.6) is 0 Å². The highest BCUT2D eigenvalue weighted by Gasteiger charge is 2.56. The van der Waals surface area contributed by atoms with Gasteiger partial charge in [-0.2, -0.15) is 0 Å². The molecule has 1 unspecified atom stereocenters. The molecule has 18 heavy (non-hydrogen) atoms. The first-order valence-electron chi connectivity index (χ1n) is 5.85. The quantitative estimate of drug-likeness (QED) is 0.715. The van der Waals surface area contributed by atoms with E-state index in [2.05, 4.69) is 0 Å². The predicted molar refractivity (Wildman–Crippen MR) is 59.7 cm³/mol. The van der Waals surface area contributed by atoms with Gasteiger partial charge in [0, 0.05) is 13.2 Å². The minimum atomic E-state index is -0.972. The Morgan fingerprint density at radius 2 is 2.17 bits per heavy atom. The van der Waals surface area contributed by atoms with Gasteiger partial charge in [0.05, 0.1) is 6.42 Å². The summed E-state index contributed by atoms with van der Waals surface area (Å²) in [5.41, 5.74) is 5.82. The average molecular weight is 261 g/mol. The zero-order valence-electron chi connectivity index (χ0n) is 10.7. The van der Waals surface area contributed by atoms with Crippen molar-refractivity contribution in [3.05, 3.63) is 0 Å². The maximum atomic E-state index is 10.7. The van der Waals surface area contributed by atoms with Gasteiger partial charge in [-0.1, -0.05) is 0 Å². The van der Waals surface area contributed by atoms with Gasteiger partial charge in [0.2, 0.25) is 0 Å². The van der Waals surface area contributed by atoms with E-state index in [-0.39, 0.29) is 12.5 Å². The topological polar surface area (TPSA) is 100 Å². The molecular weight excluding hydrogens is 242 g/mol. The first-order valence-corrected chi connectivity index (χ1v) is 5.85. The number of hydrogen-bond donors (Lipinski definition) is 2. The van der Waals surface area contributed by atoms with E-state index in [0.29, 0.717) is 0 Å². The van der Waals surface area contributed by atoms with Crippen LogP contribution < -0.4 is 5.73 Å². The molecule has 2 fully saturated rings. The van der Waals surface area contributed by atoms with Crippen molar-refractivity contribution >= 4 is 5.97 Å². The smallest absolute Gasteiger partial charge is 0.305 e. The summed E-state index contributed by atoms with van der Waals surface area (Å²) in [5, 5.41) is 8.75. The number of hydrogen-bond acceptors (Lipinski definition) is 6. The molecule has 0 aromatic heterocycles. The van der Waals surface area contributed by atoms with Crippen LogP contribution in [0.2, 0.25) is 0 Å².